The van der Waals surface area contributed by atoms with E-state index in [9.17, 15) is 9.59 Å². The van der Waals surface area contributed by atoms with Crippen molar-refractivity contribution in [2.24, 2.45) is 5.92 Å². The van der Waals surface area contributed by atoms with Gasteiger partial charge < -0.3 is 14.8 Å². The lowest BCUT2D eigenvalue weighted by molar-refractivity contribution is 0.0728. The maximum absolute atomic E-state index is 13.5. The van der Waals surface area contributed by atoms with Gasteiger partial charge in [-0.2, -0.15) is 0 Å². The van der Waals surface area contributed by atoms with Crippen molar-refractivity contribution >= 4 is 17.2 Å². The molecule has 1 aliphatic heterocycles. The molecule has 2 aromatic heterocycles. The van der Waals surface area contributed by atoms with Crippen LogP contribution < -0.4 is 10.9 Å². The van der Waals surface area contributed by atoms with Gasteiger partial charge in [-0.25, -0.2) is 0 Å². The van der Waals surface area contributed by atoms with Crippen LogP contribution in [0.25, 0.3) is 0 Å². The SMILES string of the molecule is Cc1ccsc1CN(C(=O)c1c(C)ccn(CC2CCCNC2)c1=O)C1CC1. The molecule has 3 heterocycles. The van der Waals surface area contributed by atoms with Gasteiger partial charge >= 0.3 is 0 Å². The summed E-state index contributed by atoms with van der Waals surface area (Å²) in [7, 11) is 0. The Balaban J connectivity index is 1.60. The van der Waals surface area contributed by atoms with Gasteiger partial charge in [-0.05, 0) is 87.2 Å². The van der Waals surface area contributed by atoms with E-state index in [-0.39, 0.29) is 17.5 Å². The lowest BCUT2D eigenvalue weighted by Gasteiger charge is -2.25. The van der Waals surface area contributed by atoms with E-state index < -0.39 is 0 Å². The number of nitrogens with zero attached hydrogens (tertiary/aromatic N) is 2. The van der Waals surface area contributed by atoms with Crippen molar-refractivity contribution in [1.82, 2.24) is 14.8 Å². The van der Waals surface area contributed by atoms with Gasteiger partial charge in [0.2, 0.25) is 0 Å². The first kappa shape index (κ1) is 19.4. The van der Waals surface area contributed by atoms with Crippen molar-refractivity contribution in [2.75, 3.05) is 13.1 Å². The van der Waals surface area contributed by atoms with Crippen LogP contribution in [0, 0.1) is 19.8 Å². The van der Waals surface area contributed by atoms with E-state index in [1.165, 1.54) is 10.4 Å². The molecule has 1 unspecified atom stereocenters. The van der Waals surface area contributed by atoms with Gasteiger partial charge in [-0.1, -0.05) is 0 Å². The first-order chi connectivity index (χ1) is 13.5. The Morgan fingerprint density at radius 3 is 2.71 bits per heavy atom. The minimum absolute atomic E-state index is 0.103. The number of carbonyl (C=O) groups excluding carboxylic acids is 1. The van der Waals surface area contributed by atoms with Gasteiger partial charge in [0.25, 0.3) is 11.5 Å². The third-order valence-corrected chi connectivity index (χ3v) is 6.98. The predicted octanol–water partition coefficient (Wildman–Crippen LogP) is 3.33. The molecule has 150 valence electrons. The molecule has 28 heavy (non-hydrogen) atoms. The highest BCUT2D eigenvalue weighted by atomic mass is 32.1. The molecule has 0 aromatic carbocycles. The quantitative estimate of drug-likeness (QED) is 0.811. The highest BCUT2D eigenvalue weighted by Gasteiger charge is 2.35. The number of piperidine rings is 1. The average molecular weight is 400 g/mol. The highest BCUT2D eigenvalue weighted by molar-refractivity contribution is 7.10. The summed E-state index contributed by atoms with van der Waals surface area (Å²) in [6.07, 6.45) is 6.19. The van der Waals surface area contributed by atoms with Crippen LogP contribution in [0.15, 0.2) is 28.5 Å². The van der Waals surface area contributed by atoms with Crippen LogP contribution >= 0.6 is 11.3 Å². The molecule has 2 fully saturated rings. The number of rotatable bonds is 6. The topological polar surface area (TPSA) is 54.3 Å². The molecule has 6 heteroatoms. The third kappa shape index (κ3) is 4.08. The number of nitrogens with one attached hydrogen (secondary N) is 1. The minimum atomic E-state index is -0.135. The number of amides is 1. The van der Waals surface area contributed by atoms with Crippen molar-refractivity contribution in [2.45, 2.75) is 58.7 Å². The van der Waals surface area contributed by atoms with Crippen LogP contribution in [0.5, 0.6) is 0 Å². The number of thiophene rings is 1. The Hall–Kier alpha value is -1.92. The van der Waals surface area contributed by atoms with Crippen molar-refractivity contribution < 1.29 is 4.79 Å². The number of aryl methyl sites for hydroxylation is 2. The van der Waals surface area contributed by atoms with E-state index in [0.717, 1.165) is 44.3 Å². The molecule has 2 aliphatic rings. The molecule has 1 saturated carbocycles. The average Bonchev–Trinajstić information content (AvgIpc) is 3.45. The number of pyridine rings is 1. The second-order valence-corrected chi connectivity index (χ2v) is 9.24. The Bertz CT molecular complexity index is 907. The minimum Gasteiger partial charge on any atom is -0.330 e. The van der Waals surface area contributed by atoms with Crippen molar-refractivity contribution in [3.63, 3.8) is 0 Å². The van der Waals surface area contributed by atoms with Gasteiger partial charge in [0, 0.05) is 23.7 Å². The second-order valence-electron chi connectivity index (χ2n) is 8.23. The van der Waals surface area contributed by atoms with Gasteiger partial charge in [-0.3, -0.25) is 9.59 Å². The molecule has 1 atom stereocenters. The van der Waals surface area contributed by atoms with Crippen LogP contribution in [0.2, 0.25) is 0 Å². The fourth-order valence-electron chi connectivity index (χ4n) is 4.04. The second kappa shape index (κ2) is 8.21. The Labute approximate surface area is 170 Å². The molecule has 1 N–H and O–H groups in total. The van der Waals surface area contributed by atoms with Crippen LogP contribution in [0.1, 0.15) is 52.0 Å². The molecular formula is C22H29N3O2S. The molecule has 5 nitrogen and oxygen atoms in total. The lowest BCUT2D eigenvalue weighted by Crippen LogP contribution is -2.40. The molecule has 0 radical (unpaired) electrons. The summed E-state index contributed by atoms with van der Waals surface area (Å²) in [5.41, 5.74) is 2.22. The largest absolute Gasteiger partial charge is 0.330 e. The zero-order valence-electron chi connectivity index (χ0n) is 16.7. The standard InChI is InChI=1S/C22H29N3O2S/c1-15-8-11-28-19(15)14-25(18-5-6-18)22(27)20-16(2)7-10-24(21(20)26)13-17-4-3-9-23-12-17/h7-8,10-11,17-18,23H,3-6,9,12-14H2,1-2H3. The molecular weight excluding hydrogens is 370 g/mol. The van der Waals surface area contributed by atoms with E-state index in [4.69, 9.17) is 0 Å². The van der Waals surface area contributed by atoms with Crippen molar-refractivity contribution in [3.05, 3.63) is 55.6 Å². The van der Waals surface area contributed by atoms with Crippen LogP contribution in [-0.4, -0.2) is 34.5 Å². The molecule has 1 amide bonds. The van der Waals surface area contributed by atoms with E-state index in [2.05, 4.69) is 23.7 Å². The summed E-state index contributed by atoms with van der Waals surface area (Å²) in [6, 6.07) is 4.28. The van der Waals surface area contributed by atoms with E-state index in [0.29, 0.717) is 24.6 Å². The summed E-state index contributed by atoms with van der Waals surface area (Å²) in [6.45, 7) is 7.24. The van der Waals surface area contributed by atoms with Crippen LogP contribution in [-0.2, 0) is 13.1 Å². The van der Waals surface area contributed by atoms with Crippen LogP contribution in [0.3, 0.4) is 0 Å². The first-order valence-electron chi connectivity index (χ1n) is 10.3. The Morgan fingerprint density at radius 1 is 1.25 bits per heavy atom. The Morgan fingerprint density at radius 2 is 2.07 bits per heavy atom. The van der Waals surface area contributed by atoms with Crippen LogP contribution in [0.4, 0.5) is 0 Å². The molecule has 0 spiro atoms. The van der Waals surface area contributed by atoms with E-state index in [1.54, 1.807) is 15.9 Å². The summed E-state index contributed by atoms with van der Waals surface area (Å²) < 4.78 is 1.75. The number of carbonyl (C=O) groups is 1. The fourth-order valence-corrected chi connectivity index (χ4v) is 4.95. The molecule has 0 bridgehead atoms. The predicted molar refractivity (Wildman–Crippen MR) is 113 cm³/mol. The van der Waals surface area contributed by atoms with Gasteiger partial charge in [0.05, 0.1) is 6.54 Å². The zero-order valence-corrected chi connectivity index (χ0v) is 17.6. The molecule has 1 aliphatic carbocycles. The van der Waals surface area contributed by atoms with E-state index in [1.807, 2.05) is 24.1 Å². The van der Waals surface area contributed by atoms with Gasteiger partial charge in [0.15, 0.2) is 0 Å². The summed E-state index contributed by atoms with van der Waals surface area (Å²) >= 11 is 1.69. The smallest absolute Gasteiger partial charge is 0.263 e. The summed E-state index contributed by atoms with van der Waals surface area (Å²) in [4.78, 5) is 29.8. The normalized spacial score (nSPS) is 19.6. The summed E-state index contributed by atoms with van der Waals surface area (Å²) in [5.74, 6) is 0.347. The van der Waals surface area contributed by atoms with Gasteiger partial charge in [-0.15, -0.1) is 11.3 Å². The molecule has 1 saturated heterocycles. The molecule has 2 aromatic rings. The fraction of sp³-hybridized carbons (Fsp3) is 0.545. The third-order valence-electron chi connectivity index (χ3n) is 5.97. The maximum atomic E-state index is 13.5. The van der Waals surface area contributed by atoms with Crippen molar-refractivity contribution in [1.29, 1.82) is 0 Å². The Kier molecular flexibility index (Phi) is 5.69. The first-order valence-corrected chi connectivity index (χ1v) is 11.2. The molecule has 4 rings (SSSR count). The monoisotopic (exact) mass is 399 g/mol. The zero-order chi connectivity index (χ0) is 19.7. The number of hydrogen-bond acceptors (Lipinski definition) is 4. The highest BCUT2D eigenvalue weighted by Crippen LogP contribution is 2.31. The summed E-state index contributed by atoms with van der Waals surface area (Å²) in [5, 5.41) is 5.47. The van der Waals surface area contributed by atoms with Gasteiger partial charge in [0.1, 0.15) is 5.56 Å². The van der Waals surface area contributed by atoms with Crippen molar-refractivity contribution in [3.8, 4) is 0 Å². The number of hydrogen-bond donors (Lipinski definition) is 1. The maximum Gasteiger partial charge on any atom is 0.263 e. The number of aromatic nitrogens is 1. The van der Waals surface area contributed by atoms with E-state index >= 15 is 0 Å². The lowest BCUT2D eigenvalue weighted by atomic mass is 9.99.